The summed E-state index contributed by atoms with van der Waals surface area (Å²) in [5.74, 6) is 8.21. The molecule has 4 heteroatoms. The van der Waals surface area contributed by atoms with Crippen molar-refractivity contribution in [3.8, 4) is 17.6 Å². The molecule has 0 saturated carbocycles. The van der Waals surface area contributed by atoms with Crippen LogP contribution in [-0.2, 0) is 15.3 Å². The maximum Gasteiger partial charge on any atom is 0.304 e. The van der Waals surface area contributed by atoms with Crippen molar-refractivity contribution in [3.63, 3.8) is 0 Å². The van der Waals surface area contributed by atoms with Gasteiger partial charge in [-0.25, -0.2) is 0 Å². The molecule has 0 saturated heterocycles. The lowest BCUT2D eigenvalue weighted by atomic mass is 10.1. The predicted molar refractivity (Wildman–Crippen MR) is 97.9 cm³/mol. The highest BCUT2D eigenvalue weighted by molar-refractivity contribution is 7.98. The Balaban J connectivity index is 1.87. The van der Waals surface area contributed by atoms with Crippen LogP contribution in [0.4, 0.5) is 0 Å². The van der Waals surface area contributed by atoms with E-state index in [4.69, 9.17) is 9.47 Å². The second-order valence-corrected chi connectivity index (χ2v) is 6.05. The molecular formula is C20H20O3S. The molecule has 2 aromatic rings. The summed E-state index contributed by atoms with van der Waals surface area (Å²) >= 11 is 1.72. The van der Waals surface area contributed by atoms with Crippen molar-refractivity contribution in [3.05, 3.63) is 65.7 Å². The van der Waals surface area contributed by atoms with E-state index in [1.807, 2.05) is 54.6 Å². The minimum Gasteiger partial charge on any atom is -0.497 e. The van der Waals surface area contributed by atoms with E-state index in [-0.39, 0.29) is 5.97 Å². The first-order chi connectivity index (χ1) is 11.7. The quantitative estimate of drug-likeness (QED) is 0.448. The van der Waals surface area contributed by atoms with Crippen molar-refractivity contribution >= 4 is 17.7 Å². The molecule has 0 radical (unpaired) electrons. The number of thioether (sulfide) groups is 1. The molecule has 0 fully saturated rings. The summed E-state index contributed by atoms with van der Waals surface area (Å²) in [5.41, 5.74) is 2.11. The first-order valence-electron chi connectivity index (χ1n) is 7.60. The van der Waals surface area contributed by atoms with E-state index in [0.29, 0.717) is 5.75 Å². The van der Waals surface area contributed by atoms with Crippen molar-refractivity contribution in [2.45, 2.75) is 18.8 Å². The van der Waals surface area contributed by atoms with Gasteiger partial charge in [-0.1, -0.05) is 54.3 Å². The largest absolute Gasteiger partial charge is 0.497 e. The van der Waals surface area contributed by atoms with Crippen LogP contribution in [0, 0.1) is 11.8 Å². The Bertz CT molecular complexity index is 699. The SMILES string of the molecule is COc1ccc(CSCC#CC(OC(C)=O)c2ccccc2)cc1. The lowest BCUT2D eigenvalue weighted by Gasteiger charge is -2.10. The van der Waals surface area contributed by atoms with E-state index in [2.05, 4.69) is 11.8 Å². The molecule has 0 amide bonds. The number of esters is 1. The Hall–Kier alpha value is -2.38. The van der Waals surface area contributed by atoms with Crippen molar-refractivity contribution in [2.75, 3.05) is 12.9 Å². The topological polar surface area (TPSA) is 35.5 Å². The number of benzene rings is 2. The molecular weight excluding hydrogens is 320 g/mol. The number of rotatable bonds is 6. The Morgan fingerprint density at radius 3 is 2.46 bits per heavy atom. The normalized spacial score (nSPS) is 11.1. The molecule has 1 atom stereocenters. The molecule has 0 aromatic heterocycles. The number of methoxy groups -OCH3 is 1. The van der Waals surface area contributed by atoms with E-state index >= 15 is 0 Å². The first-order valence-corrected chi connectivity index (χ1v) is 8.75. The van der Waals surface area contributed by atoms with E-state index < -0.39 is 6.10 Å². The standard InChI is InChI=1S/C20H20O3S/c1-16(21)23-20(18-7-4-3-5-8-18)9-6-14-24-15-17-10-12-19(22-2)13-11-17/h3-5,7-8,10-13,20H,14-15H2,1-2H3. The first kappa shape index (κ1) is 18.0. The van der Waals surface area contributed by atoms with Crippen LogP contribution >= 0.6 is 11.8 Å². The molecule has 3 nitrogen and oxygen atoms in total. The van der Waals surface area contributed by atoms with Crippen LogP contribution in [0.3, 0.4) is 0 Å². The van der Waals surface area contributed by atoms with Gasteiger partial charge in [0, 0.05) is 18.2 Å². The summed E-state index contributed by atoms with van der Waals surface area (Å²) in [7, 11) is 1.66. The minimum atomic E-state index is -0.509. The van der Waals surface area contributed by atoms with Crippen molar-refractivity contribution < 1.29 is 14.3 Å². The smallest absolute Gasteiger partial charge is 0.304 e. The average Bonchev–Trinajstić information content (AvgIpc) is 2.61. The molecule has 2 rings (SSSR count). The van der Waals surface area contributed by atoms with Crippen molar-refractivity contribution in [1.82, 2.24) is 0 Å². The van der Waals surface area contributed by atoms with E-state index in [9.17, 15) is 4.79 Å². The van der Waals surface area contributed by atoms with Gasteiger partial charge in [0.2, 0.25) is 0 Å². The fraction of sp³-hybridized carbons (Fsp3) is 0.250. The molecule has 0 aliphatic heterocycles. The monoisotopic (exact) mass is 340 g/mol. The summed E-state index contributed by atoms with van der Waals surface area (Å²) in [6, 6.07) is 17.6. The van der Waals surface area contributed by atoms with E-state index in [1.54, 1.807) is 18.9 Å². The summed E-state index contributed by atoms with van der Waals surface area (Å²) in [6.07, 6.45) is -0.509. The number of carbonyl (C=O) groups excluding carboxylic acids is 1. The van der Waals surface area contributed by atoms with Gasteiger partial charge in [-0.2, -0.15) is 0 Å². The highest BCUT2D eigenvalue weighted by atomic mass is 32.2. The Morgan fingerprint density at radius 2 is 1.83 bits per heavy atom. The zero-order chi connectivity index (χ0) is 17.2. The average molecular weight is 340 g/mol. The molecule has 0 aliphatic carbocycles. The van der Waals surface area contributed by atoms with Gasteiger partial charge in [-0.3, -0.25) is 4.79 Å². The Kier molecular flexibility index (Phi) is 7.25. The van der Waals surface area contributed by atoms with Crippen LogP contribution in [0.1, 0.15) is 24.2 Å². The second kappa shape index (κ2) is 9.69. The number of hydrogen-bond acceptors (Lipinski definition) is 4. The van der Waals surface area contributed by atoms with Gasteiger partial charge in [0.05, 0.1) is 12.9 Å². The van der Waals surface area contributed by atoms with Crippen molar-refractivity contribution in [1.29, 1.82) is 0 Å². The third kappa shape index (κ3) is 6.02. The highest BCUT2D eigenvalue weighted by Crippen LogP contribution is 2.18. The second-order valence-electron chi connectivity index (χ2n) is 5.06. The van der Waals surface area contributed by atoms with Gasteiger partial charge in [0.15, 0.2) is 6.10 Å². The van der Waals surface area contributed by atoms with Crippen LogP contribution < -0.4 is 4.74 Å². The number of ether oxygens (including phenoxy) is 2. The molecule has 124 valence electrons. The van der Waals surface area contributed by atoms with Crippen LogP contribution in [0.15, 0.2) is 54.6 Å². The molecule has 0 spiro atoms. The van der Waals surface area contributed by atoms with Gasteiger partial charge in [-0.15, -0.1) is 11.8 Å². The maximum atomic E-state index is 11.2. The van der Waals surface area contributed by atoms with Crippen molar-refractivity contribution in [2.24, 2.45) is 0 Å². The zero-order valence-corrected chi connectivity index (χ0v) is 14.6. The van der Waals surface area contributed by atoms with Gasteiger partial charge < -0.3 is 9.47 Å². The molecule has 0 heterocycles. The summed E-state index contributed by atoms with van der Waals surface area (Å²) < 4.78 is 10.4. The van der Waals surface area contributed by atoms with E-state index in [1.165, 1.54) is 12.5 Å². The number of hydrogen-bond donors (Lipinski definition) is 0. The van der Waals surface area contributed by atoms with Gasteiger partial charge in [0.1, 0.15) is 5.75 Å². The summed E-state index contributed by atoms with van der Waals surface area (Å²) in [4.78, 5) is 11.2. The van der Waals surface area contributed by atoms with Crippen LogP contribution in [0.5, 0.6) is 5.75 Å². The Labute approximate surface area is 147 Å². The Morgan fingerprint density at radius 1 is 1.12 bits per heavy atom. The minimum absolute atomic E-state index is 0.330. The maximum absolute atomic E-state index is 11.2. The van der Waals surface area contributed by atoms with Gasteiger partial charge in [-0.05, 0) is 17.7 Å². The summed E-state index contributed by atoms with van der Waals surface area (Å²) in [5, 5.41) is 0. The van der Waals surface area contributed by atoms with Gasteiger partial charge >= 0.3 is 5.97 Å². The molecule has 2 aromatic carbocycles. The molecule has 0 bridgehead atoms. The van der Waals surface area contributed by atoms with Crippen LogP contribution in [0.2, 0.25) is 0 Å². The van der Waals surface area contributed by atoms with Crippen LogP contribution in [-0.4, -0.2) is 18.8 Å². The fourth-order valence-corrected chi connectivity index (χ4v) is 2.77. The summed E-state index contributed by atoms with van der Waals surface area (Å²) in [6.45, 7) is 1.40. The predicted octanol–water partition coefficient (Wildman–Crippen LogP) is 4.24. The third-order valence-electron chi connectivity index (χ3n) is 3.22. The zero-order valence-electron chi connectivity index (χ0n) is 13.8. The van der Waals surface area contributed by atoms with Gasteiger partial charge in [0.25, 0.3) is 0 Å². The third-order valence-corrected chi connectivity index (χ3v) is 4.11. The molecule has 0 aliphatic rings. The lowest BCUT2D eigenvalue weighted by molar-refractivity contribution is -0.144. The highest BCUT2D eigenvalue weighted by Gasteiger charge is 2.10. The molecule has 0 N–H and O–H groups in total. The van der Waals surface area contributed by atoms with E-state index in [0.717, 1.165) is 17.1 Å². The fourth-order valence-electron chi connectivity index (χ4n) is 2.05. The lowest BCUT2D eigenvalue weighted by Crippen LogP contribution is -2.06. The van der Waals surface area contributed by atoms with Crippen LogP contribution in [0.25, 0.3) is 0 Å². The number of carbonyl (C=O) groups is 1. The molecule has 24 heavy (non-hydrogen) atoms. The molecule has 1 unspecified atom stereocenters.